The summed E-state index contributed by atoms with van der Waals surface area (Å²) in [6, 6.07) is 16.5. The molecule has 126 valence electrons. The van der Waals surface area contributed by atoms with Gasteiger partial charge in [0.25, 0.3) is 5.91 Å². The number of ether oxygens (including phenoxy) is 1. The van der Waals surface area contributed by atoms with Gasteiger partial charge in [-0.1, -0.05) is 36.4 Å². The normalized spacial score (nSPS) is 10.2. The standard InChI is InChI=1S/C20H18N2O3/c1-15-4-2-3-5-18(15)13-22-19(23)14-25-20(24)11-10-16-6-8-17(12-21)9-7-16/h2-11H,13-14H2,1H3,(H,22,23)/b11-10+. The van der Waals surface area contributed by atoms with Gasteiger partial charge >= 0.3 is 5.97 Å². The lowest BCUT2D eigenvalue weighted by Crippen LogP contribution is -2.28. The van der Waals surface area contributed by atoms with Crippen LogP contribution in [-0.4, -0.2) is 18.5 Å². The Kier molecular flexibility index (Phi) is 6.49. The van der Waals surface area contributed by atoms with Gasteiger partial charge in [-0.3, -0.25) is 4.79 Å². The number of carbonyl (C=O) groups excluding carboxylic acids is 2. The number of hydrogen-bond acceptors (Lipinski definition) is 4. The van der Waals surface area contributed by atoms with Gasteiger partial charge in [-0.2, -0.15) is 5.26 Å². The number of nitriles is 1. The molecule has 0 aliphatic heterocycles. The Morgan fingerprint density at radius 1 is 1.16 bits per heavy atom. The van der Waals surface area contributed by atoms with E-state index in [4.69, 9.17) is 10.00 Å². The van der Waals surface area contributed by atoms with Crippen molar-refractivity contribution < 1.29 is 14.3 Å². The van der Waals surface area contributed by atoms with Crippen molar-refractivity contribution in [2.75, 3.05) is 6.61 Å². The molecule has 25 heavy (non-hydrogen) atoms. The first-order valence-corrected chi connectivity index (χ1v) is 7.74. The summed E-state index contributed by atoms with van der Waals surface area (Å²) in [5.41, 5.74) is 3.41. The van der Waals surface area contributed by atoms with E-state index in [1.165, 1.54) is 6.08 Å². The number of hydrogen-bond donors (Lipinski definition) is 1. The van der Waals surface area contributed by atoms with E-state index in [0.717, 1.165) is 16.7 Å². The monoisotopic (exact) mass is 334 g/mol. The molecular weight excluding hydrogens is 316 g/mol. The zero-order chi connectivity index (χ0) is 18.1. The Balaban J connectivity index is 1.75. The molecule has 1 amide bonds. The van der Waals surface area contributed by atoms with Crippen LogP contribution in [0, 0.1) is 18.3 Å². The Morgan fingerprint density at radius 3 is 2.56 bits per heavy atom. The molecule has 0 atom stereocenters. The summed E-state index contributed by atoms with van der Waals surface area (Å²) >= 11 is 0. The van der Waals surface area contributed by atoms with Crippen LogP contribution >= 0.6 is 0 Å². The van der Waals surface area contributed by atoms with Gasteiger partial charge < -0.3 is 10.1 Å². The van der Waals surface area contributed by atoms with Gasteiger partial charge in [0.2, 0.25) is 0 Å². The van der Waals surface area contributed by atoms with Crippen molar-refractivity contribution >= 4 is 18.0 Å². The summed E-state index contributed by atoms with van der Waals surface area (Å²) in [4.78, 5) is 23.4. The number of nitrogens with zero attached hydrogens (tertiary/aromatic N) is 1. The lowest BCUT2D eigenvalue weighted by molar-refractivity contribution is -0.143. The zero-order valence-corrected chi connectivity index (χ0v) is 13.9. The van der Waals surface area contributed by atoms with Crippen LogP contribution in [0.25, 0.3) is 6.08 Å². The molecule has 0 radical (unpaired) electrons. The van der Waals surface area contributed by atoms with Crippen LogP contribution < -0.4 is 5.32 Å². The minimum Gasteiger partial charge on any atom is -0.452 e. The first-order valence-electron chi connectivity index (χ1n) is 7.74. The fourth-order valence-electron chi connectivity index (χ4n) is 2.07. The Morgan fingerprint density at radius 2 is 1.88 bits per heavy atom. The van der Waals surface area contributed by atoms with Gasteiger partial charge in [0.15, 0.2) is 6.61 Å². The Hall–Kier alpha value is -3.39. The quantitative estimate of drug-likeness (QED) is 0.651. The van der Waals surface area contributed by atoms with E-state index in [1.807, 2.05) is 37.3 Å². The maximum atomic E-state index is 11.7. The molecule has 0 bridgehead atoms. The van der Waals surface area contributed by atoms with Gasteiger partial charge in [0.1, 0.15) is 0 Å². The molecule has 1 N–H and O–H groups in total. The number of esters is 1. The zero-order valence-electron chi connectivity index (χ0n) is 13.9. The van der Waals surface area contributed by atoms with Crippen molar-refractivity contribution in [3.8, 4) is 6.07 Å². The summed E-state index contributed by atoms with van der Waals surface area (Å²) < 4.78 is 4.90. The molecule has 2 aromatic rings. The summed E-state index contributed by atoms with van der Waals surface area (Å²) in [6.07, 6.45) is 2.81. The number of aryl methyl sites for hydroxylation is 1. The van der Waals surface area contributed by atoms with Gasteiger partial charge in [-0.25, -0.2) is 4.79 Å². The van der Waals surface area contributed by atoms with Gasteiger partial charge in [-0.15, -0.1) is 0 Å². The third-order valence-corrected chi connectivity index (χ3v) is 3.53. The second-order valence-corrected chi connectivity index (χ2v) is 5.38. The van der Waals surface area contributed by atoms with Crippen molar-refractivity contribution in [2.24, 2.45) is 0 Å². The molecule has 0 unspecified atom stereocenters. The SMILES string of the molecule is Cc1ccccc1CNC(=O)COC(=O)/C=C/c1ccc(C#N)cc1. The minimum atomic E-state index is -0.601. The molecule has 5 heteroatoms. The van der Waals surface area contributed by atoms with E-state index in [-0.39, 0.29) is 12.5 Å². The Bertz CT molecular complexity index is 818. The van der Waals surface area contributed by atoms with E-state index in [9.17, 15) is 9.59 Å². The molecule has 0 saturated heterocycles. The number of rotatable bonds is 6. The molecular formula is C20H18N2O3. The lowest BCUT2D eigenvalue weighted by atomic mass is 10.1. The van der Waals surface area contributed by atoms with Crippen molar-refractivity contribution in [3.05, 3.63) is 76.9 Å². The largest absolute Gasteiger partial charge is 0.452 e. The number of nitrogens with one attached hydrogen (secondary N) is 1. The summed E-state index contributed by atoms with van der Waals surface area (Å²) in [7, 11) is 0. The van der Waals surface area contributed by atoms with Crippen molar-refractivity contribution in [1.82, 2.24) is 5.32 Å². The molecule has 5 nitrogen and oxygen atoms in total. The highest BCUT2D eigenvalue weighted by Crippen LogP contribution is 2.06. The minimum absolute atomic E-state index is 0.331. The van der Waals surface area contributed by atoms with E-state index >= 15 is 0 Å². The third-order valence-electron chi connectivity index (χ3n) is 3.53. The van der Waals surface area contributed by atoms with E-state index in [2.05, 4.69) is 5.32 Å². The van der Waals surface area contributed by atoms with Crippen LogP contribution in [0.1, 0.15) is 22.3 Å². The molecule has 0 spiro atoms. The maximum absolute atomic E-state index is 11.7. The number of benzene rings is 2. The molecule has 0 fully saturated rings. The molecule has 0 saturated carbocycles. The topological polar surface area (TPSA) is 79.2 Å². The van der Waals surface area contributed by atoms with E-state index in [1.54, 1.807) is 30.3 Å². The predicted octanol–water partition coefficient (Wildman–Crippen LogP) is 2.74. The molecule has 0 aliphatic rings. The fraction of sp³-hybridized carbons (Fsp3) is 0.150. The van der Waals surface area contributed by atoms with Crippen molar-refractivity contribution in [2.45, 2.75) is 13.5 Å². The molecule has 0 aliphatic carbocycles. The van der Waals surface area contributed by atoms with Gasteiger partial charge in [0, 0.05) is 12.6 Å². The van der Waals surface area contributed by atoms with E-state index in [0.29, 0.717) is 12.1 Å². The first-order chi connectivity index (χ1) is 12.1. The van der Waals surface area contributed by atoms with Crippen LogP contribution in [0.15, 0.2) is 54.6 Å². The lowest BCUT2D eigenvalue weighted by Gasteiger charge is -2.07. The highest BCUT2D eigenvalue weighted by Gasteiger charge is 2.05. The first kappa shape index (κ1) is 18.0. The number of amides is 1. The molecule has 0 heterocycles. The maximum Gasteiger partial charge on any atom is 0.331 e. The molecule has 2 rings (SSSR count). The summed E-state index contributed by atoms with van der Waals surface area (Å²) in [5, 5.41) is 11.4. The number of carbonyl (C=O) groups is 2. The van der Waals surface area contributed by atoms with E-state index < -0.39 is 5.97 Å². The third kappa shape index (κ3) is 5.96. The molecule has 0 aromatic heterocycles. The van der Waals surface area contributed by atoms with Gasteiger partial charge in [-0.05, 0) is 41.8 Å². The van der Waals surface area contributed by atoms with Crippen molar-refractivity contribution in [1.29, 1.82) is 5.26 Å². The average Bonchev–Trinajstić information content (AvgIpc) is 2.64. The molecule has 2 aromatic carbocycles. The average molecular weight is 334 g/mol. The summed E-state index contributed by atoms with van der Waals surface area (Å²) in [5.74, 6) is -0.959. The van der Waals surface area contributed by atoms with Crippen molar-refractivity contribution in [3.63, 3.8) is 0 Å². The van der Waals surface area contributed by atoms with Crippen LogP contribution in [0.3, 0.4) is 0 Å². The van der Waals surface area contributed by atoms with Crippen LogP contribution in [0.5, 0.6) is 0 Å². The van der Waals surface area contributed by atoms with Gasteiger partial charge in [0.05, 0.1) is 11.6 Å². The second kappa shape index (κ2) is 9.04. The predicted molar refractivity (Wildman–Crippen MR) is 94.2 cm³/mol. The Labute approximate surface area is 146 Å². The highest BCUT2D eigenvalue weighted by atomic mass is 16.5. The highest BCUT2D eigenvalue weighted by molar-refractivity contribution is 5.89. The summed E-state index contributed by atoms with van der Waals surface area (Å²) in [6.45, 7) is 2.03. The fourth-order valence-corrected chi connectivity index (χ4v) is 2.07. The van der Waals surface area contributed by atoms with Crippen LogP contribution in [0.4, 0.5) is 0 Å². The van der Waals surface area contributed by atoms with Crippen LogP contribution in [0.2, 0.25) is 0 Å². The second-order valence-electron chi connectivity index (χ2n) is 5.38. The smallest absolute Gasteiger partial charge is 0.331 e. The van der Waals surface area contributed by atoms with Crippen LogP contribution in [-0.2, 0) is 20.9 Å².